The predicted molar refractivity (Wildman–Crippen MR) is 84.2 cm³/mol. The normalized spacial score (nSPS) is 20.3. The second-order valence-corrected chi connectivity index (χ2v) is 6.58. The summed E-state index contributed by atoms with van der Waals surface area (Å²) < 4.78 is 0. The molecular formula is C17H24ClNO. The number of likely N-dealkylation sites (tertiary alicyclic amines) is 1. The number of rotatable bonds is 5. The molecule has 0 amide bonds. The van der Waals surface area contributed by atoms with Gasteiger partial charge in [-0.25, -0.2) is 0 Å². The first kappa shape index (κ1) is 15.5. The quantitative estimate of drug-likeness (QED) is 0.819. The maximum atomic E-state index is 12.2. The molecule has 110 valence electrons. The maximum Gasteiger partial charge on any atom is 0.137 e. The highest BCUT2D eigenvalue weighted by atomic mass is 35.5. The first-order chi connectivity index (χ1) is 9.54. The van der Waals surface area contributed by atoms with Gasteiger partial charge in [0, 0.05) is 30.5 Å². The van der Waals surface area contributed by atoms with Gasteiger partial charge < -0.3 is 4.90 Å². The Kier molecular flexibility index (Phi) is 5.62. The number of ketones is 1. The van der Waals surface area contributed by atoms with Crippen LogP contribution in [0.1, 0.15) is 38.7 Å². The third-order valence-electron chi connectivity index (χ3n) is 4.11. The zero-order chi connectivity index (χ0) is 14.5. The molecule has 1 heterocycles. The summed E-state index contributed by atoms with van der Waals surface area (Å²) in [6, 6.07) is 8.18. The first-order valence-corrected chi connectivity index (χ1v) is 7.92. The van der Waals surface area contributed by atoms with Gasteiger partial charge in [0.2, 0.25) is 0 Å². The minimum atomic E-state index is 0.350. The Bertz CT molecular complexity index is 441. The van der Waals surface area contributed by atoms with Crippen LogP contribution in [0.4, 0.5) is 0 Å². The van der Waals surface area contributed by atoms with Crippen LogP contribution in [0.15, 0.2) is 24.3 Å². The Morgan fingerprint density at radius 3 is 2.70 bits per heavy atom. The summed E-state index contributed by atoms with van der Waals surface area (Å²) in [4.78, 5) is 14.7. The molecule has 0 saturated carbocycles. The molecule has 0 radical (unpaired) electrons. The number of hydrogen-bond acceptors (Lipinski definition) is 2. The lowest BCUT2D eigenvalue weighted by Crippen LogP contribution is -2.40. The molecule has 1 aliphatic rings. The number of carbonyl (C=O) groups is 1. The molecule has 1 fully saturated rings. The number of piperidine rings is 1. The highest BCUT2D eigenvalue weighted by Crippen LogP contribution is 2.22. The molecule has 0 spiro atoms. The number of benzene rings is 1. The fourth-order valence-electron chi connectivity index (χ4n) is 2.96. The predicted octanol–water partition coefficient (Wildman–Crippen LogP) is 3.96. The summed E-state index contributed by atoms with van der Waals surface area (Å²) in [7, 11) is 0. The Hall–Kier alpha value is -0.860. The lowest BCUT2D eigenvalue weighted by Gasteiger charge is -2.35. The lowest BCUT2D eigenvalue weighted by atomic mass is 9.90. The van der Waals surface area contributed by atoms with Crippen molar-refractivity contribution in [2.45, 2.75) is 45.6 Å². The van der Waals surface area contributed by atoms with Crippen LogP contribution in [0.2, 0.25) is 5.02 Å². The topological polar surface area (TPSA) is 20.3 Å². The van der Waals surface area contributed by atoms with Crippen molar-refractivity contribution in [1.29, 1.82) is 0 Å². The van der Waals surface area contributed by atoms with Crippen molar-refractivity contribution >= 4 is 17.4 Å². The second kappa shape index (κ2) is 7.24. The van der Waals surface area contributed by atoms with Crippen molar-refractivity contribution in [3.63, 3.8) is 0 Å². The molecule has 2 nitrogen and oxygen atoms in total. The molecule has 1 aliphatic heterocycles. The molecule has 0 unspecified atom stereocenters. The molecule has 3 heteroatoms. The van der Waals surface area contributed by atoms with Crippen molar-refractivity contribution in [1.82, 2.24) is 4.90 Å². The highest BCUT2D eigenvalue weighted by molar-refractivity contribution is 6.30. The number of nitrogens with zero attached hydrogens (tertiary/aromatic N) is 1. The van der Waals surface area contributed by atoms with Gasteiger partial charge >= 0.3 is 0 Å². The van der Waals surface area contributed by atoms with E-state index >= 15 is 0 Å². The Morgan fingerprint density at radius 2 is 2.05 bits per heavy atom. The molecule has 1 aromatic carbocycles. The minimum Gasteiger partial charge on any atom is -0.301 e. The molecule has 0 bridgehead atoms. The van der Waals surface area contributed by atoms with Crippen LogP contribution >= 0.6 is 11.6 Å². The average molecular weight is 294 g/mol. The Labute approximate surface area is 127 Å². The number of halogens is 1. The van der Waals surface area contributed by atoms with Crippen LogP contribution in [-0.2, 0) is 11.2 Å². The lowest BCUT2D eigenvalue weighted by molar-refractivity contribution is -0.119. The van der Waals surface area contributed by atoms with Gasteiger partial charge in [0.15, 0.2) is 0 Å². The van der Waals surface area contributed by atoms with E-state index in [4.69, 9.17) is 11.6 Å². The van der Waals surface area contributed by atoms with E-state index in [9.17, 15) is 4.79 Å². The van der Waals surface area contributed by atoms with E-state index in [2.05, 4.69) is 18.7 Å². The van der Waals surface area contributed by atoms with E-state index in [0.29, 0.717) is 30.6 Å². The third kappa shape index (κ3) is 4.60. The van der Waals surface area contributed by atoms with Gasteiger partial charge in [-0.1, -0.05) is 23.7 Å². The van der Waals surface area contributed by atoms with Crippen LogP contribution < -0.4 is 0 Å². The fourth-order valence-corrected chi connectivity index (χ4v) is 3.08. The van der Waals surface area contributed by atoms with Crippen LogP contribution in [0.3, 0.4) is 0 Å². The molecule has 0 aliphatic carbocycles. The Balaban J connectivity index is 1.83. The van der Waals surface area contributed by atoms with Gasteiger partial charge in [0.25, 0.3) is 0 Å². The van der Waals surface area contributed by atoms with Crippen molar-refractivity contribution in [2.75, 3.05) is 13.1 Å². The van der Waals surface area contributed by atoms with E-state index in [0.717, 1.165) is 17.1 Å². The molecule has 0 N–H and O–H groups in total. The summed E-state index contributed by atoms with van der Waals surface area (Å²) >= 11 is 5.86. The van der Waals surface area contributed by atoms with Crippen LogP contribution in [0.25, 0.3) is 0 Å². The monoisotopic (exact) mass is 293 g/mol. The molecule has 1 saturated heterocycles. The molecule has 20 heavy (non-hydrogen) atoms. The smallest absolute Gasteiger partial charge is 0.137 e. The standard InChI is InChI=1S/C17H24ClNO/c1-13(2)19-9-3-4-15(12-19)11-17(20)10-14-5-7-16(18)8-6-14/h5-8,13,15H,3-4,9-12H2,1-2H3/t15-/m0/s1. The summed E-state index contributed by atoms with van der Waals surface area (Å²) in [5, 5.41) is 0.723. The van der Waals surface area contributed by atoms with Crippen LogP contribution in [0.5, 0.6) is 0 Å². The summed E-state index contributed by atoms with van der Waals surface area (Å²) in [5.41, 5.74) is 1.07. The summed E-state index contributed by atoms with van der Waals surface area (Å²) in [6.07, 6.45) is 3.66. The van der Waals surface area contributed by atoms with E-state index in [-0.39, 0.29) is 0 Å². The first-order valence-electron chi connectivity index (χ1n) is 7.55. The molecule has 0 aromatic heterocycles. The molecular weight excluding hydrogens is 270 g/mol. The van der Waals surface area contributed by atoms with Gasteiger partial charge in [0.05, 0.1) is 0 Å². The average Bonchev–Trinajstić information content (AvgIpc) is 2.41. The van der Waals surface area contributed by atoms with E-state index in [1.165, 1.54) is 19.4 Å². The van der Waals surface area contributed by atoms with E-state index < -0.39 is 0 Å². The zero-order valence-corrected chi connectivity index (χ0v) is 13.2. The molecule has 2 rings (SSSR count). The zero-order valence-electron chi connectivity index (χ0n) is 12.4. The number of carbonyl (C=O) groups excluding carboxylic acids is 1. The van der Waals surface area contributed by atoms with Crippen molar-refractivity contribution in [2.24, 2.45) is 5.92 Å². The van der Waals surface area contributed by atoms with Crippen LogP contribution in [-0.4, -0.2) is 29.8 Å². The molecule has 1 atom stereocenters. The highest BCUT2D eigenvalue weighted by Gasteiger charge is 2.23. The minimum absolute atomic E-state index is 0.350. The Morgan fingerprint density at radius 1 is 1.35 bits per heavy atom. The van der Waals surface area contributed by atoms with Gasteiger partial charge in [0.1, 0.15) is 5.78 Å². The third-order valence-corrected chi connectivity index (χ3v) is 4.36. The second-order valence-electron chi connectivity index (χ2n) is 6.14. The summed E-state index contributed by atoms with van der Waals surface area (Å²) in [6.45, 7) is 6.72. The van der Waals surface area contributed by atoms with Gasteiger partial charge in [-0.3, -0.25) is 4.79 Å². The van der Waals surface area contributed by atoms with E-state index in [1.807, 2.05) is 24.3 Å². The van der Waals surface area contributed by atoms with Crippen molar-refractivity contribution in [3.8, 4) is 0 Å². The van der Waals surface area contributed by atoms with Gasteiger partial charge in [-0.15, -0.1) is 0 Å². The largest absolute Gasteiger partial charge is 0.301 e. The number of hydrogen-bond donors (Lipinski definition) is 0. The maximum absolute atomic E-state index is 12.2. The van der Waals surface area contributed by atoms with E-state index in [1.54, 1.807) is 0 Å². The van der Waals surface area contributed by atoms with Crippen molar-refractivity contribution in [3.05, 3.63) is 34.9 Å². The van der Waals surface area contributed by atoms with Gasteiger partial charge in [-0.05, 0) is 56.8 Å². The molecule has 1 aromatic rings. The van der Waals surface area contributed by atoms with Crippen LogP contribution in [0, 0.1) is 5.92 Å². The SMILES string of the molecule is CC(C)N1CCC[C@@H](CC(=O)Cc2ccc(Cl)cc2)C1. The van der Waals surface area contributed by atoms with Crippen molar-refractivity contribution < 1.29 is 4.79 Å². The fraction of sp³-hybridized carbons (Fsp3) is 0.588. The van der Waals surface area contributed by atoms with Gasteiger partial charge in [-0.2, -0.15) is 0 Å². The summed E-state index contributed by atoms with van der Waals surface area (Å²) in [5.74, 6) is 0.883. The number of Topliss-reactive ketones (excluding diaryl/α,β-unsaturated/α-hetero) is 1.